The smallest absolute Gasteiger partial charge is 0.267 e. The van der Waals surface area contributed by atoms with Crippen molar-refractivity contribution in [3.8, 4) is 0 Å². The number of hydrazone groups is 1. The highest BCUT2D eigenvalue weighted by Gasteiger charge is 2.19. The molecule has 0 aliphatic rings. The first kappa shape index (κ1) is 21.3. The number of aryl methyl sites for hydroxylation is 1. The van der Waals surface area contributed by atoms with E-state index >= 15 is 0 Å². The molecular weight excluding hydrogens is 398 g/mol. The molecule has 0 atom stereocenters. The summed E-state index contributed by atoms with van der Waals surface area (Å²) in [4.78, 5) is 12.3. The van der Waals surface area contributed by atoms with Crippen molar-refractivity contribution in [1.82, 2.24) is 5.43 Å². The summed E-state index contributed by atoms with van der Waals surface area (Å²) in [6.07, 6.45) is 2.73. The lowest BCUT2D eigenvalue weighted by Gasteiger charge is -2.23. The lowest BCUT2D eigenvalue weighted by Crippen LogP contribution is -2.29. The third-order valence-corrected chi connectivity index (χ3v) is 5.71. The minimum absolute atomic E-state index is 0.221. The van der Waals surface area contributed by atoms with Crippen molar-refractivity contribution < 1.29 is 13.2 Å². The van der Waals surface area contributed by atoms with Crippen LogP contribution in [0, 0.1) is 6.92 Å². The van der Waals surface area contributed by atoms with Crippen molar-refractivity contribution in [2.45, 2.75) is 13.5 Å². The number of carbonyl (C=O) groups excluding carboxylic acids is 1. The SMILES string of the molecule is Cc1ccccc1CN(c1ccc(C(=O)N/N=C\c2ccccc2)cc1)S(C)(=O)=O. The Kier molecular flexibility index (Phi) is 6.64. The average molecular weight is 422 g/mol. The van der Waals surface area contributed by atoms with Gasteiger partial charge >= 0.3 is 0 Å². The Balaban J connectivity index is 1.74. The molecule has 3 aromatic carbocycles. The highest BCUT2D eigenvalue weighted by Crippen LogP contribution is 2.22. The number of hydrogen-bond donors (Lipinski definition) is 1. The molecule has 30 heavy (non-hydrogen) atoms. The van der Waals surface area contributed by atoms with Crippen molar-refractivity contribution in [3.05, 3.63) is 101 Å². The normalized spacial score (nSPS) is 11.4. The first-order valence-corrected chi connectivity index (χ1v) is 11.2. The van der Waals surface area contributed by atoms with Gasteiger partial charge in [0.1, 0.15) is 0 Å². The van der Waals surface area contributed by atoms with Gasteiger partial charge in [-0.1, -0.05) is 54.6 Å². The quantitative estimate of drug-likeness (QED) is 0.466. The summed E-state index contributed by atoms with van der Waals surface area (Å²) in [5.41, 5.74) is 6.14. The van der Waals surface area contributed by atoms with Gasteiger partial charge in [0.25, 0.3) is 5.91 Å². The van der Waals surface area contributed by atoms with Crippen molar-refractivity contribution in [2.75, 3.05) is 10.6 Å². The minimum atomic E-state index is -3.50. The number of amides is 1. The van der Waals surface area contributed by atoms with Crippen LogP contribution in [0.25, 0.3) is 0 Å². The second kappa shape index (κ2) is 9.37. The van der Waals surface area contributed by atoms with Gasteiger partial charge in [-0.05, 0) is 47.9 Å². The topological polar surface area (TPSA) is 78.8 Å². The van der Waals surface area contributed by atoms with E-state index in [1.807, 2.05) is 61.5 Å². The van der Waals surface area contributed by atoms with E-state index in [9.17, 15) is 13.2 Å². The molecule has 0 aliphatic heterocycles. The molecule has 0 radical (unpaired) electrons. The standard InChI is InChI=1S/C23H23N3O3S/c1-18-8-6-7-11-21(18)17-26(30(2,28)29)22-14-12-20(13-15-22)23(27)25-24-16-19-9-4-3-5-10-19/h3-16H,17H2,1-2H3,(H,25,27)/b24-16-. The van der Waals surface area contributed by atoms with E-state index in [0.29, 0.717) is 11.3 Å². The maximum atomic E-state index is 12.4. The van der Waals surface area contributed by atoms with Crippen LogP contribution in [0.4, 0.5) is 5.69 Å². The van der Waals surface area contributed by atoms with Gasteiger partial charge in [0, 0.05) is 5.56 Å². The lowest BCUT2D eigenvalue weighted by molar-refractivity contribution is 0.0955. The third-order valence-electron chi connectivity index (χ3n) is 4.57. The van der Waals surface area contributed by atoms with E-state index in [1.165, 1.54) is 10.6 Å². The molecule has 1 N–H and O–H groups in total. The van der Waals surface area contributed by atoms with Crippen LogP contribution in [0.2, 0.25) is 0 Å². The molecule has 0 bridgehead atoms. The van der Waals surface area contributed by atoms with Gasteiger partial charge in [-0.3, -0.25) is 9.10 Å². The second-order valence-electron chi connectivity index (χ2n) is 6.85. The zero-order valence-corrected chi connectivity index (χ0v) is 17.6. The predicted molar refractivity (Wildman–Crippen MR) is 120 cm³/mol. The van der Waals surface area contributed by atoms with Crippen LogP contribution in [-0.4, -0.2) is 26.8 Å². The monoisotopic (exact) mass is 421 g/mol. The number of hydrogen-bond acceptors (Lipinski definition) is 4. The Labute approximate surface area is 176 Å². The number of carbonyl (C=O) groups is 1. The lowest BCUT2D eigenvalue weighted by atomic mass is 10.1. The van der Waals surface area contributed by atoms with Crippen LogP contribution in [0.1, 0.15) is 27.0 Å². The maximum Gasteiger partial charge on any atom is 0.271 e. The second-order valence-corrected chi connectivity index (χ2v) is 8.76. The first-order chi connectivity index (χ1) is 14.3. The van der Waals surface area contributed by atoms with Gasteiger partial charge in [0.2, 0.25) is 10.0 Å². The van der Waals surface area contributed by atoms with Gasteiger partial charge in [-0.2, -0.15) is 5.10 Å². The Morgan fingerprint density at radius 3 is 2.23 bits per heavy atom. The van der Waals surface area contributed by atoms with Crippen LogP contribution in [-0.2, 0) is 16.6 Å². The average Bonchev–Trinajstić information content (AvgIpc) is 2.73. The molecule has 0 saturated carbocycles. The first-order valence-electron chi connectivity index (χ1n) is 9.35. The number of anilines is 1. The molecule has 0 fully saturated rings. The fourth-order valence-corrected chi connectivity index (χ4v) is 3.77. The Morgan fingerprint density at radius 1 is 0.967 bits per heavy atom. The number of nitrogens with one attached hydrogen (secondary N) is 1. The molecule has 0 unspecified atom stereocenters. The summed E-state index contributed by atoms with van der Waals surface area (Å²) in [5.74, 6) is -0.376. The van der Waals surface area contributed by atoms with Crippen LogP contribution >= 0.6 is 0 Å². The zero-order valence-electron chi connectivity index (χ0n) is 16.8. The summed E-state index contributed by atoms with van der Waals surface area (Å²) >= 11 is 0. The fraction of sp³-hybridized carbons (Fsp3) is 0.130. The minimum Gasteiger partial charge on any atom is -0.267 e. The predicted octanol–water partition coefficient (Wildman–Crippen LogP) is 3.73. The van der Waals surface area contributed by atoms with Crippen molar-refractivity contribution in [1.29, 1.82) is 0 Å². The number of sulfonamides is 1. The molecule has 1 amide bonds. The molecule has 7 heteroatoms. The summed E-state index contributed by atoms with van der Waals surface area (Å²) in [6, 6.07) is 23.5. The Bertz CT molecular complexity index is 1140. The van der Waals surface area contributed by atoms with Crippen molar-refractivity contribution >= 4 is 27.8 Å². The van der Waals surface area contributed by atoms with Crippen molar-refractivity contribution in [3.63, 3.8) is 0 Å². The van der Waals surface area contributed by atoms with Crippen molar-refractivity contribution in [2.24, 2.45) is 5.10 Å². The van der Waals surface area contributed by atoms with Gasteiger partial charge in [0.05, 0.1) is 24.7 Å². The highest BCUT2D eigenvalue weighted by atomic mass is 32.2. The molecule has 0 aromatic heterocycles. The molecule has 0 aliphatic carbocycles. The van der Waals surface area contributed by atoms with Crippen LogP contribution in [0.5, 0.6) is 0 Å². The van der Waals surface area contributed by atoms with E-state index in [4.69, 9.17) is 0 Å². The molecular formula is C23H23N3O3S. The molecule has 0 spiro atoms. The van der Waals surface area contributed by atoms with E-state index in [-0.39, 0.29) is 12.5 Å². The highest BCUT2D eigenvalue weighted by molar-refractivity contribution is 7.92. The zero-order chi connectivity index (χ0) is 21.6. The Hall–Kier alpha value is -3.45. The summed E-state index contributed by atoms with van der Waals surface area (Å²) in [5, 5.41) is 3.95. The van der Waals surface area contributed by atoms with Gasteiger partial charge in [-0.25, -0.2) is 13.8 Å². The number of nitrogens with zero attached hydrogens (tertiary/aromatic N) is 2. The molecule has 3 aromatic rings. The number of rotatable bonds is 7. The van der Waals surface area contributed by atoms with E-state index in [0.717, 1.165) is 16.7 Å². The van der Waals surface area contributed by atoms with Crippen LogP contribution < -0.4 is 9.73 Å². The maximum absolute atomic E-state index is 12.4. The largest absolute Gasteiger partial charge is 0.271 e. The van der Waals surface area contributed by atoms with Crippen LogP contribution in [0.15, 0.2) is 84.0 Å². The van der Waals surface area contributed by atoms with E-state index in [1.54, 1.807) is 30.5 Å². The van der Waals surface area contributed by atoms with E-state index in [2.05, 4.69) is 10.5 Å². The molecule has 0 saturated heterocycles. The summed E-state index contributed by atoms with van der Waals surface area (Å²) in [6.45, 7) is 2.16. The van der Waals surface area contributed by atoms with Gasteiger partial charge in [0.15, 0.2) is 0 Å². The summed E-state index contributed by atoms with van der Waals surface area (Å²) < 4.78 is 26.1. The molecule has 6 nitrogen and oxygen atoms in total. The third kappa shape index (κ3) is 5.55. The molecule has 154 valence electrons. The van der Waals surface area contributed by atoms with Crippen LogP contribution in [0.3, 0.4) is 0 Å². The van der Waals surface area contributed by atoms with Gasteiger partial charge < -0.3 is 0 Å². The Morgan fingerprint density at radius 2 is 1.60 bits per heavy atom. The van der Waals surface area contributed by atoms with Gasteiger partial charge in [-0.15, -0.1) is 0 Å². The molecule has 0 heterocycles. The molecule has 3 rings (SSSR count). The fourth-order valence-electron chi connectivity index (χ4n) is 2.89. The number of benzene rings is 3. The summed E-state index contributed by atoms with van der Waals surface area (Å²) in [7, 11) is -3.50. The van der Waals surface area contributed by atoms with E-state index < -0.39 is 10.0 Å².